The van der Waals surface area contributed by atoms with Crippen molar-refractivity contribution >= 4 is 11.6 Å². The van der Waals surface area contributed by atoms with E-state index in [9.17, 15) is 0 Å². The van der Waals surface area contributed by atoms with Crippen molar-refractivity contribution in [3.05, 3.63) is 70.8 Å². The lowest BCUT2D eigenvalue weighted by Gasteiger charge is -2.25. The summed E-state index contributed by atoms with van der Waals surface area (Å²) in [5, 5.41) is 0. The molecule has 0 aromatic heterocycles. The molecule has 4 atom stereocenters. The summed E-state index contributed by atoms with van der Waals surface area (Å²) >= 11 is 6.06. The van der Waals surface area contributed by atoms with Gasteiger partial charge in [0.1, 0.15) is 12.2 Å². The Balaban J connectivity index is 1.72. The normalized spacial score (nSPS) is 24.6. The summed E-state index contributed by atoms with van der Waals surface area (Å²) in [6.07, 6.45) is -0.187. The lowest BCUT2D eigenvalue weighted by Crippen LogP contribution is -2.38. The van der Waals surface area contributed by atoms with Crippen LogP contribution in [0.5, 0.6) is 0 Å². The minimum absolute atomic E-state index is 0.0674. The highest BCUT2D eigenvalue weighted by Crippen LogP contribution is 2.31. The second-order valence-corrected chi connectivity index (χ2v) is 7.33. The van der Waals surface area contributed by atoms with Gasteiger partial charge in [-0.05, 0) is 35.6 Å². The smallest absolute Gasteiger partial charge is 0.186 e. The lowest BCUT2D eigenvalue weighted by molar-refractivity contribution is -0.166. The molecule has 2 aromatic rings. The maximum absolute atomic E-state index is 6.31. The van der Waals surface area contributed by atoms with Gasteiger partial charge in [-0.15, -0.1) is 11.6 Å². The molecule has 0 bridgehead atoms. The van der Waals surface area contributed by atoms with Crippen LogP contribution in [0.15, 0.2) is 48.5 Å². The third-order valence-electron chi connectivity index (χ3n) is 5.29. The van der Waals surface area contributed by atoms with Crippen molar-refractivity contribution in [2.75, 3.05) is 7.11 Å². The molecule has 0 N–H and O–H groups in total. The minimum atomic E-state index is -0.449. The molecule has 0 saturated carbocycles. The van der Waals surface area contributed by atoms with E-state index in [1.165, 1.54) is 11.1 Å². The fraction of sp³-hybridized carbons (Fsp3) is 0.478. The van der Waals surface area contributed by atoms with Gasteiger partial charge in [0.15, 0.2) is 6.29 Å². The molecule has 0 aliphatic carbocycles. The van der Waals surface area contributed by atoms with Gasteiger partial charge in [-0.1, -0.05) is 55.5 Å². The average Bonchev–Trinajstić information content (AvgIpc) is 3.08. The Morgan fingerprint density at radius 3 is 2.14 bits per heavy atom. The number of alkyl halides is 1. The predicted octanol–water partition coefficient (Wildman–Crippen LogP) is 4.99. The predicted molar refractivity (Wildman–Crippen MR) is 110 cm³/mol. The van der Waals surface area contributed by atoms with Gasteiger partial charge in [0.2, 0.25) is 0 Å². The second-order valence-electron chi connectivity index (χ2n) is 7.07. The Bertz CT molecular complexity index is 751. The summed E-state index contributed by atoms with van der Waals surface area (Å²) in [6.45, 7) is 5.14. The van der Waals surface area contributed by atoms with E-state index in [1.807, 2.05) is 36.4 Å². The molecule has 5 heteroatoms. The Labute approximate surface area is 172 Å². The number of hydrogen-bond acceptors (Lipinski definition) is 4. The van der Waals surface area contributed by atoms with E-state index in [-0.39, 0.29) is 18.3 Å². The van der Waals surface area contributed by atoms with E-state index in [2.05, 4.69) is 26.0 Å². The van der Waals surface area contributed by atoms with Crippen LogP contribution in [-0.2, 0) is 38.0 Å². The number of methoxy groups -OCH3 is 1. The first-order valence-electron chi connectivity index (χ1n) is 9.76. The van der Waals surface area contributed by atoms with Gasteiger partial charge in [-0.25, -0.2) is 0 Å². The molecule has 1 unspecified atom stereocenters. The topological polar surface area (TPSA) is 36.9 Å². The van der Waals surface area contributed by atoms with Gasteiger partial charge in [-0.2, -0.15) is 0 Å². The number of hydrogen-bond donors (Lipinski definition) is 0. The molecule has 4 nitrogen and oxygen atoms in total. The van der Waals surface area contributed by atoms with E-state index in [4.69, 9.17) is 30.5 Å². The third-order valence-corrected chi connectivity index (χ3v) is 5.58. The van der Waals surface area contributed by atoms with E-state index in [0.717, 1.165) is 17.5 Å². The van der Waals surface area contributed by atoms with Gasteiger partial charge < -0.3 is 18.9 Å². The quantitative estimate of drug-likeness (QED) is 0.552. The van der Waals surface area contributed by atoms with Crippen LogP contribution in [-0.4, -0.2) is 31.7 Å². The molecule has 0 spiro atoms. The molecule has 0 amide bonds. The fourth-order valence-corrected chi connectivity index (χ4v) is 3.82. The molecule has 0 radical (unpaired) electrons. The molecule has 152 valence electrons. The van der Waals surface area contributed by atoms with Crippen molar-refractivity contribution < 1.29 is 18.9 Å². The molecular weight excluding hydrogens is 376 g/mol. The number of halogens is 1. The summed E-state index contributed by atoms with van der Waals surface area (Å²) in [4.78, 5) is 0. The zero-order valence-electron chi connectivity index (χ0n) is 16.8. The van der Waals surface area contributed by atoms with Gasteiger partial charge in [0.05, 0.1) is 19.3 Å². The van der Waals surface area contributed by atoms with Crippen LogP contribution in [0, 0.1) is 6.92 Å². The summed E-state index contributed by atoms with van der Waals surface area (Å²) < 4.78 is 24.2. The first kappa shape index (κ1) is 21.3. The molecule has 1 aliphatic rings. The number of aryl methyl sites for hydroxylation is 1. The summed E-state index contributed by atoms with van der Waals surface area (Å²) in [5.41, 5.74) is 4.53. The van der Waals surface area contributed by atoms with Crippen molar-refractivity contribution in [2.45, 2.75) is 64.0 Å². The molecule has 1 fully saturated rings. The first-order chi connectivity index (χ1) is 13.7. The largest absolute Gasteiger partial charge is 0.368 e. The number of benzene rings is 2. The second kappa shape index (κ2) is 10.4. The van der Waals surface area contributed by atoms with E-state index in [1.54, 1.807) is 7.11 Å². The first-order valence-corrected chi connectivity index (χ1v) is 10.3. The fourth-order valence-electron chi connectivity index (χ4n) is 3.56. The van der Waals surface area contributed by atoms with Gasteiger partial charge in [0.25, 0.3) is 0 Å². The average molecular weight is 405 g/mol. The highest BCUT2D eigenvalue weighted by atomic mass is 35.5. The summed E-state index contributed by atoms with van der Waals surface area (Å²) in [6, 6.07) is 16.3. The highest BCUT2D eigenvalue weighted by molar-refractivity contribution is 6.17. The third kappa shape index (κ3) is 4.94. The monoisotopic (exact) mass is 404 g/mol. The zero-order chi connectivity index (χ0) is 19.9. The van der Waals surface area contributed by atoms with Crippen molar-refractivity contribution in [1.82, 2.24) is 0 Å². The summed E-state index contributed by atoms with van der Waals surface area (Å²) in [7, 11) is 1.64. The Hall–Kier alpha value is -1.43. The standard InChI is InChI=1S/C23H29ClO4/c1-4-20-21(26-14-18-11-6-5-9-16(18)2)22(23(25-3)28-20)27-15-19-12-8-7-10-17(19)13-24/h5-12,20-23H,4,13-15H2,1-3H3/t20-,21+,22-,23?/m1/s1. The van der Waals surface area contributed by atoms with Crippen LogP contribution in [0.3, 0.4) is 0 Å². The highest BCUT2D eigenvalue weighted by Gasteiger charge is 2.45. The Morgan fingerprint density at radius 1 is 0.893 bits per heavy atom. The molecule has 1 aliphatic heterocycles. The molecular formula is C23H29ClO4. The van der Waals surface area contributed by atoms with Crippen LogP contribution >= 0.6 is 11.6 Å². The van der Waals surface area contributed by atoms with E-state index in [0.29, 0.717) is 19.1 Å². The lowest BCUT2D eigenvalue weighted by atomic mass is 10.1. The number of rotatable bonds is 9. The van der Waals surface area contributed by atoms with Crippen molar-refractivity contribution in [1.29, 1.82) is 0 Å². The summed E-state index contributed by atoms with van der Waals surface area (Å²) in [5.74, 6) is 0.458. The maximum atomic E-state index is 6.31. The zero-order valence-corrected chi connectivity index (χ0v) is 17.5. The number of ether oxygens (including phenoxy) is 4. The molecule has 3 rings (SSSR count). The molecule has 28 heavy (non-hydrogen) atoms. The molecule has 2 aromatic carbocycles. The Morgan fingerprint density at radius 2 is 1.50 bits per heavy atom. The molecule has 1 saturated heterocycles. The van der Waals surface area contributed by atoms with Crippen LogP contribution in [0.4, 0.5) is 0 Å². The van der Waals surface area contributed by atoms with Gasteiger partial charge in [-0.3, -0.25) is 0 Å². The maximum Gasteiger partial charge on any atom is 0.186 e. The van der Waals surface area contributed by atoms with E-state index >= 15 is 0 Å². The van der Waals surface area contributed by atoms with Crippen molar-refractivity contribution in [3.63, 3.8) is 0 Å². The van der Waals surface area contributed by atoms with Crippen molar-refractivity contribution in [3.8, 4) is 0 Å². The van der Waals surface area contributed by atoms with Crippen LogP contribution in [0.1, 0.15) is 35.6 Å². The van der Waals surface area contributed by atoms with Gasteiger partial charge in [0, 0.05) is 13.0 Å². The van der Waals surface area contributed by atoms with Crippen LogP contribution < -0.4 is 0 Å². The Kier molecular flexibility index (Phi) is 7.89. The minimum Gasteiger partial charge on any atom is -0.368 e. The van der Waals surface area contributed by atoms with Crippen LogP contribution in [0.2, 0.25) is 0 Å². The molecule has 1 heterocycles. The SMILES string of the molecule is CC[C@H]1OC(OC)[C@H](OCc2ccccc2CCl)[C@H]1OCc1ccccc1C. The van der Waals surface area contributed by atoms with Crippen LogP contribution in [0.25, 0.3) is 0 Å². The van der Waals surface area contributed by atoms with E-state index < -0.39 is 6.29 Å². The van der Waals surface area contributed by atoms with Gasteiger partial charge >= 0.3 is 0 Å². The van der Waals surface area contributed by atoms with Crippen molar-refractivity contribution in [2.24, 2.45) is 0 Å².